The standard InChI is InChI=1S/C21H23N7OS/c1-15-14-17(30-21-24-10-3-11-25-21)4-5-18(15)27-20(29)26-16-6-12-28(13-7-16)19-22-8-2-9-23-19/h2-5,8-11,14,16H,6-7,12-13H2,1H3,(H2,26,27,29). The van der Waals surface area contributed by atoms with Gasteiger partial charge in [-0.1, -0.05) is 0 Å². The number of hydrogen-bond acceptors (Lipinski definition) is 7. The summed E-state index contributed by atoms with van der Waals surface area (Å²) in [5.74, 6) is 0.745. The molecule has 30 heavy (non-hydrogen) atoms. The second-order valence-electron chi connectivity index (χ2n) is 7.02. The number of amides is 2. The zero-order valence-corrected chi connectivity index (χ0v) is 17.5. The molecular formula is C21H23N7OS. The molecule has 4 rings (SSSR count). The van der Waals surface area contributed by atoms with Crippen molar-refractivity contribution in [1.29, 1.82) is 0 Å². The SMILES string of the molecule is Cc1cc(Sc2ncccn2)ccc1NC(=O)NC1CCN(c2ncccn2)CC1. The molecule has 9 heteroatoms. The third-order valence-electron chi connectivity index (χ3n) is 4.86. The van der Waals surface area contributed by atoms with Crippen molar-refractivity contribution in [1.82, 2.24) is 25.3 Å². The van der Waals surface area contributed by atoms with Crippen LogP contribution >= 0.6 is 11.8 Å². The van der Waals surface area contributed by atoms with Crippen molar-refractivity contribution in [3.05, 3.63) is 60.7 Å². The minimum absolute atomic E-state index is 0.135. The molecule has 1 aliphatic heterocycles. The number of aryl methyl sites for hydroxylation is 1. The summed E-state index contributed by atoms with van der Waals surface area (Å²) in [4.78, 5) is 32.7. The highest BCUT2D eigenvalue weighted by molar-refractivity contribution is 7.99. The van der Waals surface area contributed by atoms with Crippen molar-refractivity contribution in [2.24, 2.45) is 0 Å². The zero-order valence-electron chi connectivity index (χ0n) is 16.7. The van der Waals surface area contributed by atoms with Crippen LogP contribution in [0.4, 0.5) is 16.4 Å². The first kappa shape index (κ1) is 20.1. The molecule has 2 N–H and O–H groups in total. The third-order valence-corrected chi connectivity index (χ3v) is 5.75. The maximum absolute atomic E-state index is 12.5. The van der Waals surface area contributed by atoms with Gasteiger partial charge in [-0.15, -0.1) is 0 Å². The second kappa shape index (κ2) is 9.53. The molecule has 0 bridgehead atoms. The van der Waals surface area contributed by atoms with Crippen LogP contribution in [0.15, 0.2) is 65.2 Å². The summed E-state index contributed by atoms with van der Waals surface area (Å²) in [5, 5.41) is 6.74. The molecule has 0 atom stereocenters. The summed E-state index contributed by atoms with van der Waals surface area (Å²) in [7, 11) is 0. The average Bonchev–Trinajstić information content (AvgIpc) is 2.77. The van der Waals surface area contributed by atoms with Crippen LogP contribution in [0.3, 0.4) is 0 Å². The molecule has 0 radical (unpaired) electrons. The summed E-state index contributed by atoms with van der Waals surface area (Å²) in [5.41, 5.74) is 1.78. The lowest BCUT2D eigenvalue weighted by Crippen LogP contribution is -2.46. The summed E-state index contributed by atoms with van der Waals surface area (Å²) < 4.78 is 0. The van der Waals surface area contributed by atoms with E-state index in [4.69, 9.17) is 0 Å². The maximum Gasteiger partial charge on any atom is 0.319 e. The van der Waals surface area contributed by atoms with Crippen molar-refractivity contribution >= 4 is 29.4 Å². The van der Waals surface area contributed by atoms with E-state index < -0.39 is 0 Å². The van der Waals surface area contributed by atoms with Gasteiger partial charge in [0.15, 0.2) is 5.16 Å². The van der Waals surface area contributed by atoms with Crippen LogP contribution < -0.4 is 15.5 Å². The lowest BCUT2D eigenvalue weighted by molar-refractivity contribution is 0.246. The van der Waals surface area contributed by atoms with E-state index in [1.807, 2.05) is 31.2 Å². The summed E-state index contributed by atoms with van der Waals surface area (Å²) in [6.07, 6.45) is 8.66. The average molecular weight is 422 g/mol. The molecule has 1 saturated heterocycles. The fourth-order valence-corrected chi connectivity index (χ4v) is 4.12. The first-order valence-electron chi connectivity index (χ1n) is 9.82. The molecule has 8 nitrogen and oxygen atoms in total. The Labute approximate surface area is 179 Å². The van der Waals surface area contributed by atoms with E-state index in [0.29, 0.717) is 5.16 Å². The van der Waals surface area contributed by atoms with Crippen molar-refractivity contribution in [3.63, 3.8) is 0 Å². The third kappa shape index (κ3) is 5.24. The summed E-state index contributed by atoms with van der Waals surface area (Å²) >= 11 is 1.49. The van der Waals surface area contributed by atoms with Gasteiger partial charge in [0.05, 0.1) is 0 Å². The van der Waals surface area contributed by atoms with Gasteiger partial charge in [-0.05, 0) is 67.4 Å². The van der Waals surface area contributed by atoms with Gasteiger partial charge < -0.3 is 15.5 Å². The van der Waals surface area contributed by atoms with Gasteiger partial charge in [0.1, 0.15) is 0 Å². The minimum atomic E-state index is -0.181. The molecular weight excluding hydrogens is 398 g/mol. The van der Waals surface area contributed by atoms with Crippen molar-refractivity contribution in [3.8, 4) is 0 Å². The highest BCUT2D eigenvalue weighted by Gasteiger charge is 2.22. The fourth-order valence-electron chi connectivity index (χ4n) is 3.31. The molecule has 1 aromatic carbocycles. The van der Waals surface area contributed by atoms with E-state index in [1.165, 1.54) is 11.8 Å². The number of nitrogens with zero attached hydrogens (tertiary/aromatic N) is 5. The Morgan fingerprint density at radius 3 is 2.37 bits per heavy atom. The van der Waals surface area contributed by atoms with Gasteiger partial charge >= 0.3 is 6.03 Å². The number of carbonyl (C=O) groups excluding carboxylic acids is 1. The number of nitrogens with one attached hydrogen (secondary N) is 2. The normalized spacial score (nSPS) is 14.4. The predicted octanol–water partition coefficient (Wildman–Crippen LogP) is 3.52. The van der Waals surface area contributed by atoms with E-state index in [0.717, 1.165) is 48.0 Å². The molecule has 1 aliphatic rings. The molecule has 0 saturated carbocycles. The minimum Gasteiger partial charge on any atom is -0.341 e. The Morgan fingerprint density at radius 1 is 1.03 bits per heavy atom. The summed E-state index contributed by atoms with van der Waals surface area (Å²) in [6, 6.07) is 9.45. The van der Waals surface area contributed by atoms with E-state index in [2.05, 4.69) is 35.5 Å². The Morgan fingerprint density at radius 2 is 1.70 bits per heavy atom. The lowest BCUT2D eigenvalue weighted by Gasteiger charge is -2.32. The highest BCUT2D eigenvalue weighted by atomic mass is 32.2. The van der Waals surface area contributed by atoms with Crippen LogP contribution in [0.1, 0.15) is 18.4 Å². The van der Waals surface area contributed by atoms with Crippen molar-refractivity contribution in [2.75, 3.05) is 23.3 Å². The summed E-state index contributed by atoms with van der Waals surface area (Å²) in [6.45, 7) is 3.62. The van der Waals surface area contributed by atoms with Gasteiger partial charge in [-0.25, -0.2) is 24.7 Å². The number of piperidine rings is 1. The molecule has 154 valence electrons. The number of urea groups is 1. The van der Waals surface area contributed by atoms with Crippen LogP contribution in [0.2, 0.25) is 0 Å². The van der Waals surface area contributed by atoms with Crippen LogP contribution in [0.5, 0.6) is 0 Å². The number of anilines is 2. The van der Waals surface area contributed by atoms with Crippen molar-refractivity contribution in [2.45, 2.75) is 35.9 Å². The molecule has 3 heterocycles. The highest BCUT2D eigenvalue weighted by Crippen LogP contribution is 2.28. The van der Waals surface area contributed by atoms with Crippen LogP contribution in [-0.4, -0.2) is 45.1 Å². The first-order valence-corrected chi connectivity index (χ1v) is 10.6. The Balaban J connectivity index is 1.28. The fraction of sp³-hybridized carbons (Fsp3) is 0.286. The largest absolute Gasteiger partial charge is 0.341 e. The molecule has 3 aromatic rings. The van der Waals surface area contributed by atoms with Gasteiger partial charge in [0.2, 0.25) is 5.95 Å². The van der Waals surface area contributed by atoms with Crippen LogP contribution in [-0.2, 0) is 0 Å². The van der Waals surface area contributed by atoms with Gasteiger partial charge in [-0.3, -0.25) is 0 Å². The number of hydrogen-bond donors (Lipinski definition) is 2. The number of carbonyl (C=O) groups is 1. The van der Waals surface area contributed by atoms with Crippen LogP contribution in [0.25, 0.3) is 0 Å². The Hall–Kier alpha value is -3.20. The molecule has 0 unspecified atom stereocenters. The second-order valence-corrected chi connectivity index (χ2v) is 8.06. The monoisotopic (exact) mass is 421 g/mol. The van der Waals surface area contributed by atoms with E-state index in [9.17, 15) is 4.79 Å². The van der Waals surface area contributed by atoms with Gasteiger partial charge in [-0.2, -0.15) is 0 Å². The van der Waals surface area contributed by atoms with Crippen molar-refractivity contribution < 1.29 is 4.79 Å². The van der Waals surface area contributed by atoms with Gasteiger partial charge in [0.25, 0.3) is 0 Å². The van der Waals surface area contributed by atoms with E-state index in [-0.39, 0.29) is 12.1 Å². The molecule has 1 fully saturated rings. The van der Waals surface area contributed by atoms with E-state index >= 15 is 0 Å². The number of aromatic nitrogens is 4. The molecule has 0 aliphatic carbocycles. The number of rotatable bonds is 5. The van der Waals surface area contributed by atoms with E-state index in [1.54, 1.807) is 30.9 Å². The van der Waals surface area contributed by atoms with Gasteiger partial charge in [0, 0.05) is 54.5 Å². The molecule has 2 amide bonds. The number of benzene rings is 1. The Kier molecular flexibility index (Phi) is 6.38. The maximum atomic E-state index is 12.5. The topological polar surface area (TPSA) is 95.9 Å². The smallest absolute Gasteiger partial charge is 0.319 e. The first-order chi connectivity index (χ1) is 14.7. The molecule has 0 spiro atoms. The molecule has 2 aromatic heterocycles. The predicted molar refractivity (Wildman–Crippen MR) is 117 cm³/mol. The zero-order chi connectivity index (χ0) is 20.8. The lowest BCUT2D eigenvalue weighted by atomic mass is 10.1. The quantitative estimate of drug-likeness (QED) is 0.609. The Bertz CT molecular complexity index is 979. The van der Waals surface area contributed by atoms with Crippen LogP contribution in [0, 0.1) is 6.92 Å².